The Morgan fingerprint density at radius 3 is 2.50 bits per heavy atom. The molecule has 2 aromatic heterocycles. The van der Waals surface area contributed by atoms with Crippen LogP contribution in [0.15, 0.2) is 84.3 Å². The predicted octanol–water partition coefficient (Wildman–Crippen LogP) is 2.80. The van der Waals surface area contributed by atoms with Crippen molar-refractivity contribution in [2.24, 2.45) is 0 Å². The highest BCUT2D eigenvalue weighted by Gasteiger charge is 2.18. The molecule has 0 fully saturated rings. The minimum Gasteiger partial charge on any atom is -0.711 e. The predicted molar refractivity (Wildman–Crippen MR) is 111 cm³/mol. The number of hydrogen-bond donors (Lipinski definition) is 0. The number of nitrogens with zero attached hydrogens (tertiary/aromatic N) is 5. The van der Waals surface area contributed by atoms with Crippen molar-refractivity contribution < 1.29 is 14.3 Å². The summed E-state index contributed by atoms with van der Waals surface area (Å²) >= 11 is 1.21. The average Bonchev–Trinajstić information content (AvgIpc) is 3.22. The average molecular weight is 419 g/mol. The van der Waals surface area contributed by atoms with Crippen molar-refractivity contribution in [3.05, 3.63) is 90.2 Å². The lowest BCUT2D eigenvalue weighted by molar-refractivity contribution is -0.620. The Balaban J connectivity index is 1.51. The van der Waals surface area contributed by atoms with Gasteiger partial charge >= 0.3 is 11.8 Å². The molecule has 0 atom stereocenters. The van der Waals surface area contributed by atoms with Crippen LogP contribution in [0.2, 0.25) is 0 Å². The van der Waals surface area contributed by atoms with E-state index in [9.17, 15) is 10.0 Å². The molecular formula is C21H17N5O3S. The fourth-order valence-electron chi connectivity index (χ4n) is 2.75. The summed E-state index contributed by atoms with van der Waals surface area (Å²) in [6.45, 7) is -0.190. The molecular weight excluding hydrogens is 402 g/mol. The van der Waals surface area contributed by atoms with Crippen molar-refractivity contribution >= 4 is 17.7 Å². The number of carbonyl (C=O) groups excluding carboxylic acids is 1. The molecule has 150 valence electrons. The molecule has 0 N–H and O–H groups in total. The molecule has 2 aromatic carbocycles. The molecule has 0 saturated heterocycles. The molecule has 8 nitrogen and oxygen atoms in total. The molecule has 2 heterocycles. The van der Waals surface area contributed by atoms with E-state index in [1.54, 1.807) is 0 Å². The summed E-state index contributed by atoms with van der Waals surface area (Å²) in [5.41, 5.74) is 1.80. The second kappa shape index (κ2) is 9.19. The Hall–Kier alpha value is -3.72. The Kier molecular flexibility index (Phi) is 6.00. The van der Waals surface area contributed by atoms with Crippen LogP contribution < -0.4 is 4.73 Å². The summed E-state index contributed by atoms with van der Waals surface area (Å²) < 4.78 is 7.64. The molecule has 0 bridgehead atoms. The Morgan fingerprint density at radius 1 is 1.03 bits per heavy atom. The first kappa shape index (κ1) is 19.6. The van der Waals surface area contributed by atoms with Gasteiger partial charge in [0.1, 0.15) is 6.20 Å². The molecule has 9 heteroatoms. The van der Waals surface area contributed by atoms with Gasteiger partial charge in [0.2, 0.25) is 0 Å². The van der Waals surface area contributed by atoms with E-state index in [2.05, 4.69) is 15.2 Å². The Bertz CT molecular complexity index is 1140. The number of rotatable bonds is 7. The molecule has 0 unspecified atom stereocenters. The second-order valence-electron chi connectivity index (χ2n) is 6.15. The molecule has 4 rings (SSSR count). The lowest BCUT2D eigenvalue weighted by Gasteiger charge is -2.10. The molecule has 0 amide bonds. The van der Waals surface area contributed by atoms with Gasteiger partial charge in [0.15, 0.2) is 17.6 Å². The van der Waals surface area contributed by atoms with Crippen molar-refractivity contribution in [2.45, 2.75) is 11.8 Å². The van der Waals surface area contributed by atoms with Crippen molar-refractivity contribution in [1.82, 2.24) is 19.7 Å². The maximum atomic E-state index is 12.2. The van der Waals surface area contributed by atoms with Gasteiger partial charge in [-0.1, -0.05) is 60.3 Å². The van der Waals surface area contributed by atoms with Gasteiger partial charge in [0.05, 0.1) is 11.9 Å². The van der Waals surface area contributed by atoms with Gasteiger partial charge in [-0.3, -0.25) is 9.36 Å². The van der Waals surface area contributed by atoms with E-state index in [0.29, 0.717) is 15.7 Å². The van der Waals surface area contributed by atoms with Crippen LogP contribution in [0.4, 0.5) is 0 Å². The zero-order valence-corrected chi connectivity index (χ0v) is 16.6. The highest BCUT2D eigenvalue weighted by atomic mass is 32.2. The van der Waals surface area contributed by atoms with Gasteiger partial charge in [-0.05, 0) is 17.1 Å². The quantitative estimate of drug-likeness (QED) is 0.197. The van der Waals surface area contributed by atoms with E-state index in [1.807, 2.05) is 65.2 Å². The summed E-state index contributed by atoms with van der Waals surface area (Å²) in [6.07, 6.45) is 2.78. The topological polar surface area (TPSA) is 96.8 Å². The van der Waals surface area contributed by atoms with Gasteiger partial charge in [0, 0.05) is 17.3 Å². The van der Waals surface area contributed by atoms with Gasteiger partial charge in [-0.15, -0.1) is 10.2 Å². The number of hydrogen-bond acceptors (Lipinski definition) is 7. The highest BCUT2D eigenvalue weighted by molar-refractivity contribution is 7.99. The van der Waals surface area contributed by atoms with E-state index >= 15 is 0 Å². The number of aromatic nitrogens is 5. The summed E-state index contributed by atoms with van der Waals surface area (Å²) in [5.74, 6) is 0.341. The largest absolute Gasteiger partial charge is 0.711 e. The van der Waals surface area contributed by atoms with E-state index in [4.69, 9.17) is 4.74 Å². The first-order valence-corrected chi connectivity index (χ1v) is 10.1. The summed E-state index contributed by atoms with van der Waals surface area (Å²) in [7, 11) is 0. The summed E-state index contributed by atoms with van der Waals surface area (Å²) in [6, 6.07) is 20.9. The molecule has 0 aliphatic carbocycles. The molecule has 0 saturated carbocycles. The molecule has 30 heavy (non-hydrogen) atoms. The third kappa shape index (κ3) is 4.47. The first-order chi connectivity index (χ1) is 14.7. The SMILES string of the molecule is O=C(CSc1nnc(-c2ccccc2)n1-c1ccccc1)OCc1nccc[n+]1[O-]. The van der Waals surface area contributed by atoms with Crippen LogP contribution in [0.25, 0.3) is 17.1 Å². The van der Waals surface area contributed by atoms with Gasteiger partial charge in [-0.2, -0.15) is 0 Å². The lowest BCUT2D eigenvalue weighted by Crippen LogP contribution is -2.33. The Labute approximate surface area is 176 Å². The molecule has 0 spiro atoms. The number of ether oxygens (including phenoxy) is 1. The number of thioether (sulfide) groups is 1. The van der Waals surface area contributed by atoms with E-state index < -0.39 is 5.97 Å². The number of esters is 1. The zero-order chi connectivity index (χ0) is 20.8. The minimum absolute atomic E-state index is 0.0193. The zero-order valence-electron chi connectivity index (χ0n) is 15.8. The lowest BCUT2D eigenvalue weighted by atomic mass is 10.2. The molecule has 4 aromatic rings. The second-order valence-corrected chi connectivity index (χ2v) is 7.10. The van der Waals surface area contributed by atoms with Crippen LogP contribution in [0.1, 0.15) is 5.82 Å². The maximum absolute atomic E-state index is 12.2. The first-order valence-electron chi connectivity index (χ1n) is 9.10. The fraction of sp³-hybridized carbons (Fsp3) is 0.0952. The maximum Gasteiger partial charge on any atom is 0.339 e. The van der Waals surface area contributed by atoms with Crippen molar-refractivity contribution in [3.63, 3.8) is 0 Å². The van der Waals surface area contributed by atoms with Crippen LogP contribution in [-0.4, -0.2) is 31.5 Å². The standard InChI is InChI=1S/C21H17N5O3S/c27-19(29-14-18-22-12-7-13-25(18)28)15-30-21-24-23-20(16-8-3-1-4-9-16)26(21)17-10-5-2-6-11-17/h1-13H,14-15H2. The van der Waals surface area contributed by atoms with Crippen LogP contribution in [0.3, 0.4) is 0 Å². The van der Waals surface area contributed by atoms with Crippen LogP contribution >= 0.6 is 11.8 Å². The van der Waals surface area contributed by atoms with Crippen LogP contribution in [-0.2, 0) is 16.1 Å². The summed E-state index contributed by atoms with van der Waals surface area (Å²) in [4.78, 5) is 16.1. The van der Waals surface area contributed by atoms with Gasteiger partial charge < -0.3 is 9.94 Å². The van der Waals surface area contributed by atoms with E-state index in [1.165, 1.54) is 30.2 Å². The molecule has 0 aliphatic rings. The van der Waals surface area contributed by atoms with Crippen molar-refractivity contribution in [2.75, 3.05) is 5.75 Å². The highest BCUT2D eigenvalue weighted by Crippen LogP contribution is 2.27. The third-order valence-corrected chi connectivity index (χ3v) is 5.05. The number of para-hydroxylation sites is 1. The third-order valence-electron chi connectivity index (χ3n) is 4.15. The Morgan fingerprint density at radius 2 is 1.77 bits per heavy atom. The monoisotopic (exact) mass is 419 g/mol. The minimum atomic E-state index is -0.477. The van der Waals surface area contributed by atoms with Crippen LogP contribution in [0, 0.1) is 5.21 Å². The van der Waals surface area contributed by atoms with E-state index in [-0.39, 0.29) is 18.2 Å². The van der Waals surface area contributed by atoms with Gasteiger partial charge in [-0.25, -0.2) is 4.73 Å². The van der Waals surface area contributed by atoms with Crippen molar-refractivity contribution in [1.29, 1.82) is 0 Å². The summed E-state index contributed by atoms with van der Waals surface area (Å²) in [5, 5.41) is 20.8. The molecule has 0 aliphatic heterocycles. The van der Waals surface area contributed by atoms with Gasteiger partial charge in [0.25, 0.3) is 0 Å². The van der Waals surface area contributed by atoms with E-state index in [0.717, 1.165) is 11.3 Å². The fourth-order valence-corrected chi connectivity index (χ4v) is 3.50. The number of benzene rings is 2. The smallest absolute Gasteiger partial charge is 0.339 e. The number of carbonyl (C=O) groups is 1. The normalized spacial score (nSPS) is 10.7. The molecule has 0 radical (unpaired) electrons. The van der Waals surface area contributed by atoms with Crippen LogP contribution in [0.5, 0.6) is 0 Å². The van der Waals surface area contributed by atoms with Crippen molar-refractivity contribution in [3.8, 4) is 17.1 Å².